The Kier molecular flexibility index (Phi) is 1.48. The second-order valence-corrected chi connectivity index (χ2v) is 4.16. The van der Waals surface area contributed by atoms with Crippen molar-refractivity contribution in [3.8, 4) is 0 Å². The van der Waals surface area contributed by atoms with Crippen molar-refractivity contribution >= 4 is 0 Å². The molecule has 0 amide bonds. The lowest BCUT2D eigenvalue weighted by Gasteiger charge is -2.47. The van der Waals surface area contributed by atoms with Gasteiger partial charge in [0.15, 0.2) is 0 Å². The minimum absolute atomic E-state index is 0.786. The van der Waals surface area contributed by atoms with Crippen molar-refractivity contribution in [2.75, 3.05) is 6.54 Å². The van der Waals surface area contributed by atoms with Gasteiger partial charge in [0.05, 0.1) is 0 Å². The Morgan fingerprint density at radius 1 is 1.30 bits per heavy atom. The van der Waals surface area contributed by atoms with Crippen LogP contribution >= 0.6 is 0 Å². The molecule has 1 spiro atoms. The van der Waals surface area contributed by atoms with E-state index in [2.05, 4.69) is 12.2 Å². The molecular weight excluding hydrogens is 122 g/mol. The number of piperidine rings is 1. The quantitative estimate of drug-likeness (QED) is 0.540. The predicted octanol–water partition coefficient (Wildman–Crippen LogP) is 1.93. The highest BCUT2D eigenvalue weighted by Crippen LogP contribution is 2.48. The molecule has 0 aromatic rings. The third-order valence-corrected chi connectivity index (χ3v) is 3.30. The summed E-state index contributed by atoms with van der Waals surface area (Å²) in [6, 6.07) is 0.786. The molecule has 2 aliphatic rings. The molecule has 1 saturated carbocycles. The minimum atomic E-state index is 0.786. The van der Waals surface area contributed by atoms with Gasteiger partial charge in [-0.1, -0.05) is 6.42 Å². The minimum Gasteiger partial charge on any atom is -0.314 e. The topological polar surface area (TPSA) is 12.0 Å². The molecule has 0 radical (unpaired) electrons. The first-order valence-electron chi connectivity index (χ1n) is 4.54. The summed E-state index contributed by atoms with van der Waals surface area (Å²) in [5.74, 6) is 0. The maximum absolute atomic E-state index is 3.51. The third-order valence-electron chi connectivity index (χ3n) is 3.30. The van der Waals surface area contributed by atoms with Crippen LogP contribution in [0.5, 0.6) is 0 Å². The molecule has 2 fully saturated rings. The van der Waals surface area contributed by atoms with Gasteiger partial charge in [0, 0.05) is 6.04 Å². The summed E-state index contributed by atoms with van der Waals surface area (Å²) in [6.45, 7) is 3.58. The van der Waals surface area contributed by atoms with Gasteiger partial charge in [0.1, 0.15) is 0 Å². The van der Waals surface area contributed by atoms with E-state index in [1.807, 2.05) is 0 Å². The van der Waals surface area contributed by atoms with E-state index < -0.39 is 0 Å². The van der Waals surface area contributed by atoms with E-state index in [1.54, 1.807) is 0 Å². The SMILES string of the molecule is CC1CC2(CCC2)CCN1. The average Bonchev–Trinajstić information content (AvgIpc) is 1.85. The van der Waals surface area contributed by atoms with E-state index in [-0.39, 0.29) is 0 Å². The molecule has 1 heterocycles. The average molecular weight is 139 g/mol. The van der Waals surface area contributed by atoms with Gasteiger partial charge in [-0.15, -0.1) is 0 Å². The summed E-state index contributed by atoms with van der Waals surface area (Å²) in [7, 11) is 0. The number of nitrogens with one attached hydrogen (secondary N) is 1. The molecule has 1 unspecified atom stereocenters. The summed E-state index contributed by atoms with van der Waals surface area (Å²) in [6.07, 6.45) is 7.40. The molecule has 1 saturated heterocycles. The second kappa shape index (κ2) is 2.23. The maximum atomic E-state index is 3.51. The van der Waals surface area contributed by atoms with Gasteiger partial charge in [0.2, 0.25) is 0 Å². The van der Waals surface area contributed by atoms with Crippen LogP contribution in [0, 0.1) is 5.41 Å². The van der Waals surface area contributed by atoms with E-state index in [0.29, 0.717) is 0 Å². The highest BCUT2D eigenvalue weighted by molar-refractivity contribution is 4.93. The molecule has 1 N–H and O–H groups in total. The van der Waals surface area contributed by atoms with Crippen LogP contribution in [0.1, 0.15) is 39.0 Å². The van der Waals surface area contributed by atoms with Gasteiger partial charge < -0.3 is 5.32 Å². The number of rotatable bonds is 0. The van der Waals surface area contributed by atoms with E-state index in [4.69, 9.17) is 0 Å². The van der Waals surface area contributed by atoms with E-state index >= 15 is 0 Å². The summed E-state index contributed by atoms with van der Waals surface area (Å²) < 4.78 is 0. The lowest BCUT2D eigenvalue weighted by atomic mass is 9.62. The molecule has 0 aromatic heterocycles. The maximum Gasteiger partial charge on any atom is 0.00440 e. The van der Waals surface area contributed by atoms with Crippen molar-refractivity contribution in [2.24, 2.45) is 5.41 Å². The van der Waals surface area contributed by atoms with Crippen LogP contribution in [0.4, 0.5) is 0 Å². The fourth-order valence-electron chi connectivity index (χ4n) is 2.54. The molecule has 1 nitrogen and oxygen atoms in total. The molecule has 2 rings (SSSR count). The van der Waals surface area contributed by atoms with E-state index in [1.165, 1.54) is 38.6 Å². The standard InChI is InChI=1S/C9H17N/c1-8-7-9(3-2-4-9)5-6-10-8/h8,10H,2-7H2,1H3. The van der Waals surface area contributed by atoms with Crippen LogP contribution in [0.2, 0.25) is 0 Å². The van der Waals surface area contributed by atoms with Gasteiger partial charge in [-0.25, -0.2) is 0 Å². The van der Waals surface area contributed by atoms with Crippen LogP contribution in [0.15, 0.2) is 0 Å². The van der Waals surface area contributed by atoms with Crippen molar-refractivity contribution in [1.29, 1.82) is 0 Å². The Hall–Kier alpha value is -0.0400. The highest BCUT2D eigenvalue weighted by Gasteiger charge is 2.39. The lowest BCUT2D eigenvalue weighted by Crippen LogP contribution is -2.45. The summed E-state index contributed by atoms with van der Waals surface area (Å²) in [5.41, 5.74) is 0.810. The molecule has 1 atom stereocenters. The Balaban J connectivity index is 1.96. The summed E-state index contributed by atoms with van der Waals surface area (Å²) in [4.78, 5) is 0. The first-order valence-corrected chi connectivity index (χ1v) is 4.54. The predicted molar refractivity (Wildman–Crippen MR) is 43.0 cm³/mol. The molecular formula is C9H17N. The molecule has 0 bridgehead atoms. The Morgan fingerprint density at radius 3 is 2.50 bits per heavy atom. The summed E-state index contributed by atoms with van der Waals surface area (Å²) in [5, 5.41) is 3.51. The van der Waals surface area contributed by atoms with Crippen LogP contribution in [-0.4, -0.2) is 12.6 Å². The van der Waals surface area contributed by atoms with Crippen LogP contribution in [0.25, 0.3) is 0 Å². The van der Waals surface area contributed by atoms with Gasteiger partial charge in [-0.3, -0.25) is 0 Å². The molecule has 1 aliphatic heterocycles. The van der Waals surface area contributed by atoms with E-state index in [0.717, 1.165) is 11.5 Å². The second-order valence-electron chi connectivity index (χ2n) is 4.16. The van der Waals surface area contributed by atoms with Crippen molar-refractivity contribution in [3.05, 3.63) is 0 Å². The Morgan fingerprint density at radius 2 is 2.10 bits per heavy atom. The molecule has 58 valence electrons. The normalized spacial score (nSPS) is 37.5. The first kappa shape index (κ1) is 6.66. The van der Waals surface area contributed by atoms with Gasteiger partial charge in [-0.05, 0) is 44.6 Å². The number of hydrogen-bond donors (Lipinski definition) is 1. The fourth-order valence-corrected chi connectivity index (χ4v) is 2.54. The first-order chi connectivity index (χ1) is 4.81. The molecule has 10 heavy (non-hydrogen) atoms. The van der Waals surface area contributed by atoms with Crippen molar-refractivity contribution < 1.29 is 0 Å². The van der Waals surface area contributed by atoms with Crippen LogP contribution < -0.4 is 5.32 Å². The Bertz CT molecular complexity index is 127. The molecule has 1 aliphatic carbocycles. The van der Waals surface area contributed by atoms with Crippen molar-refractivity contribution in [2.45, 2.75) is 45.1 Å². The zero-order chi connectivity index (χ0) is 7.03. The van der Waals surface area contributed by atoms with E-state index in [9.17, 15) is 0 Å². The zero-order valence-electron chi connectivity index (χ0n) is 6.82. The van der Waals surface area contributed by atoms with Crippen molar-refractivity contribution in [3.63, 3.8) is 0 Å². The monoisotopic (exact) mass is 139 g/mol. The lowest BCUT2D eigenvalue weighted by molar-refractivity contribution is 0.0674. The number of hydrogen-bond acceptors (Lipinski definition) is 1. The zero-order valence-corrected chi connectivity index (χ0v) is 6.82. The molecule has 0 aromatic carbocycles. The Labute approximate surface area is 63.2 Å². The third kappa shape index (κ3) is 0.968. The van der Waals surface area contributed by atoms with Crippen molar-refractivity contribution in [1.82, 2.24) is 5.32 Å². The molecule has 1 heteroatoms. The smallest absolute Gasteiger partial charge is 0.00440 e. The van der Waals surface area contributed by atoms with Gasteiger partial charge in [0.25, 0.3) is 0 Å². The van der Waals surface area contributed by atoms with Crippen LogP contribution in [0.3, 0.4) is 0 Å². The van der Waals surface area contributed by atoms with Crippen LogP contribution in [-0.2, 0) is 0 Å². The largest absolute Gasteiger partial charge is 0.314 e. The highest BCUT2D eigenvalue weighted by atomic mass is 14.9. The fraction of sp³-hybridized carbons (Fsp3) is 1.00. The summed E-state index contributed by atoms with van der Waals surface area (Å²) >= 11 is 0. The van der Waals surface area contributed by atoms with Gasteiger partial charge >= 0.3 is 0 Å². The van der Waals surface area contributed by atoms with Gasteiger partial charge in [-0.2, -0.15) is 0 Å².